The summed E-state index contributed by atoms with van der Waals surface area (Å²) >= 11 is 5.85. The lowest BCUT2D eigenvalue weighted by Crippen LogP contribution is -2.30. The average molecular weight is 487 g/mol. The van der Waals surface area contributed by atoms with Gasteiger partial charge in [0.25, 0.3) is 5.91 Å². The fraction of sp³-hybridized carbons (Fsp3) is 0.300. The normalized spacial score (nSPS) is 11.3. The van der Waals surface area contributed by atoms with Gasteiger partial charge in [0, 0.05) is 24.7 Å². The van der Waals surface area contributed by atoms with Crippen molar-refractivity contribution in [2.45, 2.75) is 18.7 Å². The lowest BCUT2D eigenvalue weighted by atomic mass is 10.1. The van der Waals surface area contributed by atoms with E-state index in [1.165, 1.54) is 30.7 Å². The van der Waals surface area contributed by atoms with Crippen molar-refractivity contribution in [3.63, 3.8) is 0 Å². The van der Waals surface area contributed by atoms with Crippen LogP contribution in [0.1, 0.15) is 34.6 Å². The maximum absolute atomic E-state index is 13.0. The van der Waals surface area contributed by atoms with Crippen LogP contribution in [-0.4, -0.2) is 62.1 Å². The van der Waals surface area contributed by atoms with E-state index in [9.17, 15) is 28.2 Å². The second-order valence-corrected chi connectivity index (χ2v) is 8.75. The summed E-state index contributed by atoms with van der Waals surface area (Å²) in [4.78, 5) is 24.0. The van der Waals surface area contributed by atoms with Crippen LogP contribution in [0.5, 0.6) is 17.2 Å². The van der Waals surface area contributed by atoms with Gasteiger partial charge in [0.15, 0.2) is 11.5 Å². The van der Waals surface area contributed by atoms with Crippen LogP contribution in [0.4, 0.5) is 5.69 Å². The van der Waals surface area contributed by atoms with Crippen molar-refractivity contribution in [3.8, 4) is 17.2 Å². The van der Waals surface area contributed by atoms with Gasteiger partial charge in [-0.2, -0.15) is 4.31 Å². The largest absolute Gasteiger partial charge is 0.505 e. The number of phenols is 1. The number of hydrogen-bond acceptors (Lipinski definition) is 7. The summed E-state index contributed by atoms with van der Waals surface area (Å²) in [6.07, 6.45) is 0. The fourth-order valence-electron chi connectivity index (χ4n) is 2.98. The average Bonchev–Trinajstić information content (AvgIpc) is 2.75. The third-order valence-corrected chi connectivity index (χ3v) is 6.92. The van der Waals surface area contributed by atoms with E-state index in [-0.39, 0.29) is 45.8 Å². The predicted octanol–water partition coefficient (Wildman–Crippen LogP) is 3.04. The van der Waals surface area contributed by atoms with Gasteiger partial charge in [-0.1, -0.05) is 25.4 Å². The number of methoxy groups -OCH3 is 2. The second-order valence-electron chi connectivity index (χ2n) is 6.41. The Labute approximate surface area is 190 Å². The number of nitrogens with zero attached hydrogens (tertiary/aromatic N) is 1. The van der Waals surface area contributed by atoms with Gasteiger partial charge >= 0.3 is 5.97 Å². The zero-order chi connectivity index (χ0) is 24.2. The van der Waals surface area contributed by atoms with Crippen molar-refractivity contribution in [1.82, 2.24) is 4.31 Å². The molecule has 0 aliphatic heterocycles. The Morgan fingerprint density at radius 3 is 2.22 bits per heavy atom. The second kappa shape index (κ2) is 10.1. The van der Waals surface area contributed by atoms with Gasteiger partial charge in [0.1, 0.15) is 11.3 Å². The van der Waals surface area contributed by atoms with Gasteiger partial charge in [0.2, 0.25) is 10.0 Å². The first kappa shape index (κ1) is 25.2. The van der Waals surface area contributed by atoms with Crippen LogP contribution in [0, 0.1) is 0 Å². The maximum Gasteiger partial charge on any atom is 0.339 e. The van der Waals surface area contributed by atoms with E-state index in [2.05, 4.69) is 5.32 Å². The molecule has 0 saturated carbocycles. The molecule has 0 bridgehead atoms. The number of nitrogens with one attached hydrogen (secondary N) is 1. The van der Waals surface area contributed by atoms with Crippen LogP contribution in [0.15, 0.2) is 29.2 Å². The first-order valence-corrected chi connectivity index (χ1v) is 11.2. The first-order chi connectivity index (χ1) is 15.0. The van der Waals surface area contributed by atoms with E-state index < -0.39 is 33.2 Å². The van der Waals surface area contributed by atoms with Crippen LogP contribution < -0.4 is 14.8 Å². The molecule has 0 spiro atoms. The molecule has 0 radical (unpaired) electrons. The van der Waals surface area contributed by atoms with E-state index >= 15 is 0 Å². The lowest BCUT2D eigenvalue weighted by Gasteiger charge is -2.21. The SMILES string of the molecule is CCN(CC)S(=O)(=O)c1cc(NC(=O)c2cc(Cl)c(O)c(C(=O)O)c2)c(OC)c(OC)c1. The minimum Gasteiger partial charge on any atom is -0.505 e. The standard InChI is InChI=1S/C20H23ClN2O8S/c1-5-23(6-2)32(28,29)12-9-15(18(31-4)16(10-12)30-3)22-19(25)11-7-13(20(26)27)17(24)14(21)8-11/h7-10,24H,5-6H2,1-4H3,(H,22,25)(H,26,27). The molecule has 2 aromatic rings. The van der Waals surface area contributed by atoms with Gasteiger partial charge in [0.05, 0.1) is 29.8 Å². The van der Waals surface area contributed by atoms with Crippen LogP contribution in [0.25, 0.3) is 0 Å². The molecule has 0 aliphatic carbocycles. The quantitative estimate of drug-likeness (QED) is 0.490. The zero-order valence-electron chi connectivity index (χ0n) is 17.8. The van der Waals surface area contributed by atoms with Crippen molar-refractivity contribution < 1.29 is 37.7 Å². The molecule has 0 unspecified atom stereocenters. The molecule has 0 heterocycles. The molecular formula is C20H23ClN2O8S. The summed E-state index contributed by atoms with van der Waals surface area (Å²) in [6.45, 7) is 3.86. The molecule has 0 saturated heterocycles. The molecule has 32 heavy (non-hydrogen) atoms. The van der Waals surface area contributed by atoms with E-state index in [1.54, 1.807) is 13.8 Å². The fourth-order valence-corrected chi connectivity index (χ4v) is 4.70. The van der Waals surface area contributed by atoms with E-state index in [0.717, 1.165) is 12.1 Å². The highest BCUT2D eigenvalue weighted by molar-refractivity contribution is 7.89. The Balaban J connectivity index is 2.60. The predicted molar refractivity (Wildman–Crippen MR) is 118 cm³/mol. The summed E-state index contributed by atoms with van der Waals surface area (Å²) in [5.74, 6) is -2.85. The summed E-state index contributed by atoms with van der Waals surface area (Å²) in [5, 5.41) is 21.1. The Bertz CT molecular complexity index is 1150. The van der Waals surface area contributed by atoms with Gasteiger partial charge < -0.3 is 25.0 Å². The molecule has 2 aromatic carbocycles. The van der Waals surface area contributed by atoms with E-state index in [1.807, 2.05) is 0 Å². The van der Waals surface area contributed by atoms with Gasteiger partial charge in [-0.25, -0.2) is 13.2 Å². The molecule has 174 valence electrons. The molecule has 0 fully saturated rings. The van der Waals surface area contributed by atoms with Gasteiger partial charge in [-0.05, 0) is 18.2 Å². The zero-order valence-corrected chi connectivity index (χ0v) is 19.4. The first-order valence-electron chi connectivity index (χ1n) is 9.35. The van der Waals surface area contributed by atoms with Gasteiger partial charge in [-0.3, -0.25) is 4.79 Å². The summed E-state index contributed by atoms with van der Waals surface area (Å²) in [5.41, 5.74) is -0.767. The van der Waals surface area contributed by atoms with Crippen LogP contribution in [-0.2, 0) is 10.0 Å². The van der Waals surface area contributed by atoms with Crippen molar-refractivity contribution in [2.75, 3.05) is 32.6 Å². The molecule has 3 N–H and O–H groups in total. The highest BCUT2D eigenvalue weighted by Crippen LogP contribution is 2.39. The number of halogens is 1. The lowest BCUT2D eigenvalue weighted by molar-refractivity contribution is 0.0693. The van der Waals surface area contributed by atoms with Crippen molar-refractivity contribution >= 4 is 39.2 Å². The molecule has 2 rings (SSSR count). The van der Waals surface area contributed by atoms with E-state index in [0.29, 0.717) is 0 Å². The highest BCUT2D eigenvalue weighted by atomic mass is 35.5. The number of aromatic hydroxyl groups is 1. The number of carboxylic acids is 1. The number of sulfonamides is 1. The number of carbonyl (C=O) groups is 2. The van der Waals surface area contributed by atoms with Crippen LogP contribution in [0.3, 0.4) is 0 Å². The third-order valence-electron chi connectivity index (χ3n) is 4.60. The molecule has 10 nitrogen and oxygen atoms in total. The van der Waals surface area contributed by atoms with E-state index in [4.69, 9.17) is 21.1 Å². The Morgan fingerprint density at radius 2 is 1.72 bits per heavy atom. The highest BCUT2D eigenvalue weighted by Gasteiger charge is 2.26. The number of aromatic carboxylic acids is 1. The molecule has 0 aromatic heterocycles. The minimum absolute atomic E-state index is 0.0244. The molecular weight excluding hydrogens is 464 g/mol. The Hall–Kier alpha value is -3.02. The van der Waals surface area contributed by atoms with Crippen molar-refractivity contribution in [1.29, 1.82) is 0 Å². The van der Waals surface area contributed by atoms with Crippen molar-refractivity contribution in [2.24, 2.45) is 0 Å². The maximum atomic E-state index is 13.0. The number of ether oxygens (including phenoxy) is 2. The Morgan fingerprint density at radius 1 is 1.09 bits per heavy atom. The number of hydrogen-bond donors (Lipinski definition) is 3. The number of carboxylic acid groups (broad SMARTS) is 1. The van der Waals surface area contributed by atoms with Crippen LogP contribution in [0.2, 0.25) is 5.02 Å². The van der Waals surface area contributed by atoms with Gasteiger partial charge in [-0.15, -0.1) is 0 Å². The summed E-state index contributed by atoms with van der Waals surface area (Å²) < 4.78 is 37.7. The Kier molecular flexibility index (Phi) is 7.94. The number of amides is 1. The third kappa shape index (κ3) is 4.90. The number of rotatable bonds is 9. The summed E-state index contributed by atoms with van der Waals surface area (Å²) in [7, 11) is -1.27. The minimum atomic E-state index is -3.90. The molecule has 0 aliphatic rings. The topological polar surface area (TPSA) is 142 Å². The summed E-state index contributed by atoms with van der Waals surface area (Å²) in [6, 6.07) is 4.52. The smallest absolute Gasteiger partial charge is 0.339 e. The number of carbonyl (C=O) groups excluding carboxylic acids is 1. The molecule has 12 heteroatoms. The van der Waals surface area contributed by atoms with Crippen LogP contribution >= 0.6 is 11.6 Å². The monoisotopic (exact) mass is 486 g/mol. The number of anilines is 1. The molecule has 1 amide bonds. The number of benzene rings is 2. The van der Waals surface area contributed by atoms with Crippen molar-refractivity contribution in [3.05, 3.63) is 40.4 Å². The molecule has 0 atom stereocenters.